The molecular weight excluding hydrogens is 242 g/mol. The van der Waals surface area contributed by atoms with Gasteiger partial charge in [0, 0.05) is 5.39 Å². The third-order valence-corrected chi connectivity index (χ3v) is 2.77. The molecular formula is C11H12BrNO. The maximum Gasteiger partial charge on any atom is 0.148 e. The van der Waals surface area contributed by atoms with Crippen LogP contribution in [0.3, 0.4) is 0 Å². The minimum Gasteiger partial charge on any atom is -0.458 e. The van der Waals surface area contributed by atoms with Gasteiger partial charge in [-0.2, -0.15) is 0 Å². The Hall–Kier alpha value is -0.800. The fourth-order valence-corrected chi connectivity index (χ4v) is 2.17. The number of halogens is 1. The molecule has 1 aromatic heterocycles. The summed E-state index contributed by atoms with van der Waals surface area (Å²) in [5.41, 5.74) is 7.84. The lowest BCUT2D eigenvalue weighted by Gasteiger charge is -1.97. The van der Waals surface area contributed by atoms with Crippen LogP contribution in [0.15, 0.2) is 27.1 Å². The highest BCUT2D eigenvalue weighted by Crippen LogP contribution is 2.30. The van der Waals surface area contributed by atoms with Crippen molar-refractivity contribution in [2.24, 2.45) is 5.73 Å². The standard InChI is InChI=1S/C11H12BrNO/c1-6-3-8-5-10(7(2)13)14-11(8)9(12)4-6/h3-5,7H,13H2,1-2H3. The smallest absolute Gasteiger partial charge is 0.148 e. The Kier molecular flexibility index (Phi) is 2.37. The number of rotatable bonds is 1. The fourth-order valence-electron chi connectivity index (χ4n) is 1.50. The summed E-state index contributed by atoms with van der Waals surface area (Å²) in [6.45, 7) is 3.97. The van der Waals surface area contributed by atoms with E-state index in [0.29, 0.717) is 0 Å². The predicted octanol–water partition coefficient (Wildman–Crippen LogP) is 3.52. The van der Waals surface area contributed by atoms with Crippen molar-refractivity contribution in [1.82, 2.24) is 0 Å². The van der Waals surface area contributed by atoms with E-state index < -0.39 is 0 Å². The Morgan fingerprint density at radius 3 is 2.71 bits per heavy atom. The van der Waals surface area contributed by atoms with Crippen molar-refractivity contribution in [2.45, 2.75) is 19.9 Å². The number of furan rings is 1. The molecule has 0 fully saturated rings. The second kappa shape index (κ2) is 3.41. The third kappa shape index (κ3) is 1.57. The molecule has 1 heterocycles. The minimum absolute atomic E-state index is 0.0605. The molecule has 0 aliphatic heterocycles. The second-order valence-corrected chi connectivity index (χ2v) is 4.46. The van der Waals surface area contributed by atoms with Crippen LogP contribution in [-0.4, -0.2) is 0 Å². The van der Waals surface area contributed by atoms with E-state index >= 15 is 0 Å². The first-order chi connectivity index (χ1) is 6.58. The Morgan fingerprint density at radius 1 is 1.36 bits per heavy atom. The molecule has 0 spiro atoms. The average Bonchev–Trinajstić information content (AvgIpc) is 2.47. The highest BCUT2D eigenvalue weighted by molar-refractivity contribution is 9.10. The van der Waals surface area contributed by atoms with Gasteiger partial charge in [-0.05, 0) is 53.5 Å². The van der Waals surface area contributed by atoms with Gasteiger partial charge in [-0.25, -0.2) is 0 Å². The number of nitrogens with two attached hydrogens (primary N) is 1. The molecule has 14 heavy (non-hydrogen) atoms. The van der Waals surface area contributed by atoms with Gasteiger partial charge in [0.15, 0.2) is 0 Å². The summed E-state index contributed by atoms with van der Waals surface area (Å²) >= 11 is 3.48. The quantitative estimate of drug-likeness (QED) is 0.845. The predicted molar refractivity (Wildman–Crippen MR) is 61.3 cm³/mol. The lowest BCUT2D eigenvalue weighted by molar-refractivity contribution is 0.512. The van der Waals surface area contributed by atoms with Crippen molar-refractivity contribution in [3.8, 4) is 0 Å². The molecule has 74 valence electrons. The van der Waals surface area contributed by atoms with E-state index in [0.717, 1.165) is 21.2 Å². The van der Waals surface area contributed by atoms with Crippen molar-refractivity contribution in [3.63, 3.8) is 0 Å². The zero-order valence-corrected chi connectivity index (χ0v) is 9.76. The zero-order chi connectivity index (χ0) is 10.3. The van der Waals surface area contributed by atoms with Crippen molar-refractivity contribution in [2.75, 3.05) is 0 Å². The Labute approximate surface area is 91.2 Å². The largest absolute Gasteiger partial charge is 0.458 e. The SMILES string of the molecule is Cc1cc(Br)c2oc(C(C)N)cc2c1. The summed E-state index contributed by atoms with van der Waals surface area (Å²) < 4.78 is 6.63. The Bertz CT molecular complexity index is 473. The van der Waals surface area contributed by atoms with E-state index in [1.807, 2.05) is 19.1 Å². The number of hydrogen-bond acceptors (Lipinski definition) is 2. The summed E-state index contributed by atoms with van der Waals surface area (Å²) in [4.78, 5) is 0. The molecule has 1 atom stereocenters. The van der Waals surface area contributed by atoms with E-state index in [9.17, 15) is 0 Å². The Morgan fingerprint density at radius 2 is 2.07 bits per heavy atom. The van der Waals surface area contributed by atoms with Crippen LogP contribution in [0, 0.1) is 6.92 Å². The maximum atomic E-state index is 5.76. The molecule has 3 heteroatoms. The van der Waals surface area contributed by atoms with Gasteiger partial charge in [0.05, 0.1) is 10.5 Å². The summed E-state index contributed by atoms with van der Waals surface area (Å²) in [7, 11) is 0. The highest BCUT2D eigenvalue weighted by atomic mass is 79.9. The van der Waals surface area contributed by atoms with Gasteiger partial charge in [-0.3, -0.25) is 0 Å². The molecule has 2 rings (SSSR count). The van der Waals surface area contributed by atoms with Crippen LogP contribution >= 0.6 is 15.9 Å². The topological polar surface area (TPSA) is 39.2 Å². The molecule has 0 aliphatic rings. The van der Waals surface area contributed by atoms with Gasteiger partial charge in [0.1, 0.15) is 11.3 Å². The van der Waals surface area contributed by atoms with Crippen LogP contribution in [0.1, 0.15) is 24.3 Å². The Balaban J connectivity index is 2.70. The van der Waals surface area contributed by atoms with E-state index in [-0.39, 0.29) is 6.04 Å². The van der Waals surface area contributed by atoms with Crippen molar-refractivity contribution in [3.05, 3.63) is 34.0 Å². The monoisotopic (exact) mass is 253 g/mol. The van der Waals surface area contributed by atoms with Gasteiger partial charge in [0.2, 0.25) is 0 Å². The number of benzene rings is 1. The molecule has 2 nitrogen and oxygen atoms in total. The third-order valence-electron chi connectivity index (χ3n) is 2.18. The van der Waals surface area contributed by atoms with Crippen molar-refractivity contribution < 1.29 is 4.42 Å². The zero-order valence-electron chi connectivity index (χ0n) is 8.17. The molecule has 0 saturated carbocycles. The van der Waals surface area contributed by atoms with Crippen LogP contribution in [0.25, 0.3) is 11.0 Å². The van der Waals surface area contributed by atoms with E-state index in [1.54, 1.807) is 0 Å². The first-order valence-corrected chi connectivity index (χ1v) is 5.32. The van der Waals surface area contributed by atoms with Crippen LogP contribution in [0.5, 0.6) is 0 Å². The number of fused-ring (bicyclic) bond motifs is 1. The fraction of sp³-hybridized carbons (Fsp3) is 0.273. The number of hydrogen-bond donors (Lipinski definition) is 1. The molecule has 0 aliphatic carbocycles. The molecule has 0 amide bonds. The van der Waals surface area contributed by atoms with Crippen LogP contribution in [0.4, 0.5) is 0 Å². The van der Waals surface area contributed by atoms with E-state index in [2.05, 4.69) is 28.9 Å². The first kappa shape index (κ1) is 9.74. The van der Waals surface area contributed by atoms with Gasteiger partial charge >= 0.3 is 0 Å². The first-order valence-electron chi connectivity index (χ1n) is 4.53. The normalized spacial score (nSPS) is 13.4. The van der Waals surface area contributed by atoms with E-state index in [1.165, 1.54) is 5.56 Å². The van der Waals surface area contributed by atoms with Gasteiger partial charge < -0.3 is 10.2 Å². The molecule has 0 radical (unpaired) electrons. The minimum atomic E-state index is -0.0605. The van der Waals surface area contributed by atoms with Crippen LogP contribution in [-0.2, 0) is 0 Å². The number of aryl methyl sites for hydroxylation is 1. The van der Waals surface area contributed by atoms with Crippen LogP contribution < -0.4 is 5.73 Å². The molecule has 0 saturated heterocycles. The summed E-state index contributed by atoms with van der Waals surface area (Å²) in [6.07, 6.45) is 0. The van der Waals surface area contributed by atoms with Gasteiger partial charge in [0.25, 0.3) is 0 Å². The van der Waals surface area contributed by atoms with Crippen LogP contribution in [0.2, 0.25) is 0 Å². The molecule has 2 aromatic rings. The van der Waals surface area contributed by atoms with Crippen molar-refractivity contribution >= 4 is 26.9 Å². The lowest BCUT2D eigenvalue weighted by atomic mass is 10.2. The van der Waals surface area contributed by atoms with E-state index in [4.69, 9.17) is 10.2 Å². The molecule has 1 aromatic carbocycles. The highest BCUT2D eigenvalue weighted by Gasteiger charge is 2.10. The summed E-state index contributed by atoms with van der Waals surface area (Å²) in [6, 6.07) is 6.07. The summed E-state index contributed by atoms with van der Waals surface area (Å²) in [5.74, 6) is 0.825. The van der Waals surface area contributed by atoms with Crippen molar-refractivity contribution in [1.29, 1.82) is 0 Å². The molecule has 2 N–H and O–H groups in total. The molecule has 0 bridgehead atoms. The molecule has 1 unspecified atom stereocenters. The lowest BCUT2D eigenvalue weighted by Crippen LogP contribution is -2.02. The average molecular weight is 254 g/mol. The van der Waals surface area contributed by atoms with Gasteiger partial charge in [-0.1, -0.05) is 0 Å². The summed E-state index contributed by atoms with van der Waals surface area (Å²) in [5, 5.41) is 1.10. The second-order valence-electron chi connectivity index (χ2n) is 3.60. The maximum absolute atomic E-state index is 5.76. The van der Waals surface area contributed by atoms with Gasteiger partial charge in [-0.15, -0.1) is 0 Å².